The van der Waals surface area contributed by atoms with Gasteiger partial charge in [-0.15, -0.1) is 0 Å². The van der Waals surface area contributed by atoms with E-state index in [9.17, 15) is 44.6 Å². The first-order valence-electron chi connectivity index (χ1n) is 22.7. The van der Waals surface area contributed by atoms with Crippen LogP contribution in [-0.2, 0) is 32.7 Å². The van der Waals surface area contributed by atoms with Gasteiger partial charge in [0.25, 0.3) is 0 Å². The van der Waals surface area contributed by atoms with Crippen LogP contribution < -0.4 is 0 Å². The number of allylic oxidation sites excluding steroid dienone is 12. The van der Waals surface area contributed by atoms with Gasteiger partial charge in [0.15, 0.2) is 6.10 Å². The summed E-state index contributed by atoms with van der Waals surface area (Å²) in [5, 5.41) is 50.1. The van der Waals surface area contributed by atoms with Crippen molar-refractivity contribution in [3.8, 4) is 0 Å². The summed E-state index contributed by atoms with van der Waals surface area (Å²) in [4.78, 5) is 35.6. The van der Waals surface area contributed by atoms with E-state index in [1.165, 1.54) is 51.4 Å². The van der Waals surface area contributed by atoms with Crippen LogP contribution in [0.4, 0.5) is 0 Å². The smallest absolute Gasteiger partial charge is 0.462 e. The van der Waals surface area contributed by atoms with Crippen LogP contribution in [0.15, 0.2) is 72.9 Å². The van der Waals surface area contributed by atoms with Gasteiger partial charge >= 0.3 is 19.8 Å². The van der Waals surface area contributed by atoms with Gasteiger partial charge in [-0.2, -0.15) is 0 Å². The van der Waals surface area contributed by atoms with Crippen LogP contribution in [0.2, 0.25) is 0 Å². The van der Waals surface area contributed by atoms with Gasteiger partial charge in [-0.25, -0.2) is 4.57 Å². The zero-order chi connectivity index (χ0) is 45.0. The largest absolute Gasteiger partial charge is 0.472 e. The second kappa shape index (κ2) is 36.7. The van der Waals surface area contributed by atoms with Gasteiger partial charge in [0.2, 0.25) is 0 Å². The maximum atomic E-state index is 12.8. The summed E-state index contributed by atoms with van der Waals surface area (Å²) in [7, 11) is -5.14. The molecule has 61 heavy (non-hydrogen) atoms. The van der Waals surface area contributed by atoms with E-state index in [-0.39, 0.29) is 12.8 Å². The van der Waals surface area contributed by atoms with Crippen molar-refractivity contribution in [2.75, 3.05) is 13.2 Å². The van der Waals surface area contributed by atoms with E-state index in [1.807, 2.05) is 12.2 Å². The molecule has 1 rings (SSSR count). The number of hydrogen-bond donors (Lipinski definition) is 6. The summed E-state index contributed by atoms with van der Waals surface area (Å²) in [5.74, 6) is -1.19. The molecule has 6 N–H and O–H groups in total. The first kappa shape index (κ1) is 56.3. The summed E-state index contributed by atoms with van der Waals surface area (Å²) in [6.07, 6.45) is 32.5. The Bertz CT molecular complexity index is 1340. The minimum Gasteiger partial charge on any atom is -0.462 e. The molecule has 0 aromatic carbocycles. The Hall–Kier alpha value is -2.71. The zero-order valence-corrected chi connectivity index (χ0v) is 37.8. The fraction of sp³-hybridized carbons (Fsp3) is 0.702. The van der Waals surface area contributed by atoms with Crippen LogP contribution in [0.5, 0.6) is 0 Å². The molecule has 0 saturated heterocycles. The molecule has 0 spiro atoms. The minimum absolute atomic E-state index is 0.0121. The SMILES string of the molecule is CC/C=C/C/C=C/C/C=C/C/C=C/C/C=C/CCCC(=O)O[C@H](COC(=O)CCCCC/C=C/CCCCCCCCCC)COP(=O)(O)OC1C(O)C(O)C(O)[C@H](O)C1O. The van der Waals surface area contributed by atoms with Crippen molar-refractivity contribution < 1.29 is 63.1 Å². The molecule has 350 valence electrons. The molecule has 0 radical (unpaired) electrons. The molecule has 0 heterocycles. The zero-order valence-electron chi connectivity index (χ0n) is 36.9. The average Bonchev–Trinajstić information content (AvgIpc) is 3.24. The molecule has 0 amide bonds. The second-order valence-corrected chi connectivity index (χ2v) is 16.9. The number of aliphatic hydroxyl groups excluding tert-OH is 5. The molecular formula is C47H79O13P. The third-order valence-corrected chi connectivity index (χ3v) is 11.0. The van der Waals surface area contributed by atoms with E-state index < -0.39 is 75.7 Å². The van der Waals surface area contributed by atoms with Crippen LogP contribution in [0.3, 0.4) is 0 Å². The van der Waals surface area contributed by atoms with Crippen LogP contribution in [0.25, 0.3) is 0 Å². The number of rotatable bonds is 36. The predicted molar refractivity (Wildman–Crippen MR) is 239 cm³/mol. The number of aliphatic hydroxyl groups is 5. The average molecular weight is 883 g/mol. The van der Waals surface area contributed by atoms with Crippen molar-refractivity contribution in [3.63, 3.8) is 0 Å². The van der Waals surface area contributed by atoms with Crippen LogP contribution in [0.1, 0.15) is 155 Å². The highest BCUT2D eigenvalue weighted by Gasteiger charge is 2.51. The standard InChI is InChI=1S/C47H79O13P/c1-3-5-7-9-11-13-15-17-19-20-22-24-26-28-30-32-34-36-41(49)59-39(38-58-61(55,56)60-47-45(53)43(51)42(50)44(52)46(47)54)37-57-40(48)35-33-31-29-27-25-23-21-18-16-14-12-10-8-6-4-2/h5,7,11,13,17,19,22-25,28,30,39,42-47,50-54H,3-4,6,8-10,12,14-16,18,20-21,26-27,29,31-38H2,1-2H3,(H,55,56)/b7-5+,13-11+,19-17+,24-22+,25-23+,30-28+/t39-,42?,43+,44?,45?,46?,47?/m1/s1. The normalized spacial score (nSPS) is 22.7. The molecule has 0 aromatic heterocycles. The Morgan fingerprint density at radius 1 is 0.525 bits per heavy atom. The van der Waals surface area contributed by atoms with E-state index in [0.717, 1.165) is 57.8 Å². The summed E-state index contributed by atoms with van der Waals surface area (Å²) in [6, 6.07) is 0. The third-order valence-electron chi connectivity index (χ3n) is 10.0. The number of ether oxygens (including phenoxy) is 2. The minimum atomic E-state index is -5.14. The molecule has 0 aromatic rings. The number of phosphoric acid groups is 1. The highest BCUT2D eigenvalue weighted by atomic mass is 31.2. The van der Waals surface area contributed by atoms with E-state index in [2.05, 4.69) is 74.6 Å². The molecule has 13 nitrogen and oxygen atoms in total. The maximum Gasteiger partial charge on any atom is 0.472 e. The Balaban J connectivity index is 2.53. The molecule has 0 aliphatic heterocycles. The van der Waals surface area contributed by atoms with Gasteiger partial charge in [0.1, 0.15) is 43.2 Å². The number of carbonyl (C=O) groups excluding carboxylic acids is 2. The van der Waals surface area contributed by atoms with Crippen molar-refractivity contribution in [3.05, 3.63) is 72.9 Å². The molecule has 1 aliphatic rings. The Labute approximate surface area is 365 Å². The van der Waals surface area contributed by atoms with Gasteiger partial charge in [-0.3, -0.25) is 18.6 Å². The lowest BCUT2D eigenvalue weighted by atomic mass is 9.85. The fourth-order valence-corrected chi connectivity index (χ4v) is 7.35. The summed E-state index contributed by atoms with van der Waals surface area (Å²) in [5.41, 5.74) is 0. The first-order valence-corrected chi connectivity index (χ1v) is 24.2. The van der Waals surface area contributed by atoms with Crippen LogP contribution >= 0.6 is 7.82 Å². The summed E-state index contributed by atoms with van der Waals surface area (Å²) < 4.78 is 33.4. The lowest BCUT2D eigenvalue weighted by molar-refractivity contribution is -0.220. The maximum absolute atomic E-state index is 12.8. The third kappa shape index (κ3) is 29.3. The van der Waals surface area contributed by atoms with Gasteiger partial charge in [0.05, 0.1) is 6.61 Å². The number of hydrogen-bond acceptors (Lipinski definition) is 12. The number of phosphoric ester groups is 1. The fourth-order valence-electron chi connectivity index (χ4n) is 6.37. The molecule has 6 unspecified atom stereocenters. The van der Waals surface area contributed by atoms with Gasteiger partial charge in [-0.1, -0.05) is 138 Å². The first-order chi connectivity index (χ1) is 29.4. The number of unbranched alkanes of at least 4 members (excludes halogenated alkanes) is 12. The van der Waals surface area contributed by atoms with E-state index in [0.29, 0.717) is 19.3 Å². The molecule has 1 fully saturated rings. The van der Waals surface area contributed by atoms with Crippen molar-refractivity contribution >= 4 is 19.8 Å². The molecule has 0 bridgehead atoms. The summed E-state index contributed by atoms with van der Waals surface area (Å²) in [6.45, 7) is 3.11. The van der Waals surface area contributed by atoms with Gasteiger partial charge in [-0.05, 0) is 77.0 Å². The Morgan fingerprint density at radius 2 is 0.951 bits per heavy atom. The van der Waals surface area contributed by atoms with Gasteiger partial charge < -0.3 is 39.9 Å². The lowest BCUT2D eigenvalue weighted by Crippen LogP contribution is -2.64. The topological polar surface area (TPSA) is 210 Å². The number of esters is 2. The molecular weight excluding hydrogens is 803 g/mol. The van der Waals surface area contributed by atoms with Gasteiger partial charge in [0, 0.05) is 12.8 Å². The molecule has 14 heteroatoms. The van der Waals surface area contributed by atoms with Crippen LogP contribution in [0, 0.1) is 0 Å². The Kier molecular flexibility index (Phi) is 33.9. The molecule has 1 aliphatic carbocycles. The predicted octanol–water partition coefficient (Wildman–Crippen LogP) is 8.72. The lowest BCUT2D eigenvalue weighted by Gasteiger charge is -2.41. The van der Waals surface area contributed by atoms with Crippen molar-refractivity contribution in [2.24, 2.45) is 0 Å². The molecule has 1 saturated carbocycles. The highest BCUT2D eigenvalue weighted by molar-refractivity contribution is 7.47. The van der Waals surface area contributed by atoms with Crippen molar-refractivity contribution in [1.82, 2.24) is 0 Å². The van der Waals surface area contributed by atoms with Crippen molar-refractivity contribution in [1.29, 1.82) is 0 Å². The Morgan fingerprint density at radius 3 is 1.49 bits per heavy atom. The van der Waals surface area contributed by atoms with E-state index in [1.54, 1.807) is 0 Å². The summed E-state index contributed by atoms with van der Waals surface area (Å²) >= 11 is 0. The number of carbonyl (C=O) groups is 2. The quantitative estimate of drug-likeness (QED) is 0.0151. The van der Waals surface area contributed by atoms with E-state index >= 15 is 0 Å². The van der Waals surface area contributed by atoms with Crippen molar-refractivity contribution in [2.45, 2.75) is 198 Å². The van der Waals surface area contributed by atoms with Crippen LogP contribution in [-0.4, -0.2) is 98.3 Å². The van der Waals surface area contributed by atoms with E-state index in [4.69, 9.17) is 18.5 Å². The molecule has 8 atom stereocenters. The highest BCUT2D eigenvalue weighted by Crippen LogP contribution is 2.47. The monoisotopic (exact) mass is 883 g/mol. The second-order valence-electron chi connectivity index (χ2n) is 15.5.